The molecule has 1 aromatic heterocycles. The zero-order valence-electron chi connectivity index (χ0n) is 15.9. The first kappa shape index (κ1) is 18.0. The summed E-state index contributed by atoms with van der Waals surface area (Å²) in [5, 5.41) is 0. The van der Waals surface area contributed by atoms with E-state index in [0.717, 1.165) is 44.3 Å². The van der Waals surface area contributed by atoms with Crippen LogP contribution in [0.4, 0.5) is 0 Å². The number of benzene rings is 1. The molecule has 1 aromatic carbocycles. The van der Waals surface area contributed by atoms with Gasteiger partial charge in [-0.1, -0.05) is 42.5 Å². The van der Waals surface area contributed by atoms with Crippen LogP contribution in [-0.4, -0.2) is 22.3 Å². The Morgan fingerprint density at radius 3 is 2.67 bits per heavy atom. The van der Waals surface area contributed by atoms with Crippen LogP contribution in [0.1, 0.15) is 42.5 Å². The third kappa shape index (κ3) is 4.47. The van der Waals surface area contributed by atoms with Crippen molar-refractivity contribution < 1.29 is 4.79 Å². The molecule has 2 aliphatic rings. The lowest BCUT2D eigenvalue weighted by Crippen LogP contribution is -2.41. The second-order valence-corrected chi connectivity index (χ2v) is 7.90. The minimum Gasteiger partial charge on any atom is -0.336 e. The van der Waals surface area contributed by atoms with Gasteiger partial charge in [0, 0.05) is 18.7 Å². The molecule has 0 bridgehead atoms. The number of hydrogen-bond donors (Lipinski definition) is 0. The summed E-state index contributed by atoms with van der Waals surface area (Å²) in [6.07, 6.45) is 12.6. The predicted molar refractivity (Wildman–Crippen MR) is 108 cm³/mol. The van der Waals surface area contributed by atoms with Crippen LogP contribution < -0.4 is 0 Å². The van der Waals surface area contributed by atoms with E-state index in [0.29, 0.717) is 18.4 Å². The van der Waals surface area contributed by atoms with Gasteiger partial charge in [0.05, 0.1) is 12.2 Å². The van der Waals surface area contributed by atoms with Crippen LogP contribution in [-0.2, 0) is 24.2 Å². The molecule has 2 atom stereocenters. The molecule has 1 amide bonds. The van der Waals surface area contributed by atoms with Crippen molar-refractivity contribution in [2.45, 2.75) is 45.1 Å². The fraction of sp³-hybridized carbons (Fsp3) is 0.417. The highest BCUT2D eigenvalue weighted by Crippen LogP contribution is 2.28. The lowest BCUT2D eigenvalue weighted by Gasteiger charge is -2.33. The molecule has 2 aromatic rings. The van der Waals surface area contributed by atoms with Gasteiger partial charge in [0.1, 0.15) is 0 Å². The molecule has 0 aliphatic heterocycles. The van der Waals surface area contributed by atoms with Gasteiger partial charge >= 0.3 is 0 Å². The number of pyridine rings is 1. The summed E-state index contributed by atoms with van der Waals surface area (Å²) in [7, 11) is 0. The Morgan fingerprint density at radius 1 is 1.04 bits per heavy atom. The maximum absolute atomic E-state index is 13.5. The third-order valence-electron chi connectivity index (χ3n) is 5.94. The fourth-order valence-electron chi connectivity index (χ4n) is 4.42. The molecule has 0 N–H and O–H groups in total. The molecule has 3 nitrogen and oxygen atoms in total. The van der Waals surface area contributed by atoms with Crippen molar-refractivity contribution in [2.75, 3.05) is 6.54 Å². The number of fused-ring (bicyclic) bond motifs is 1. The molecule has 2 aliphatic carbocycles. The van der Waals surface area contributed by atoms with E-state index in [4.69, 9.17) is 0 Å². The predicted octanol–water partition coefficient (Wildman–Crippen LogP) is 4.57. The lowest BCUT2D eigenvalue weighted by atomic mass is 9.83. The molecule has 0 saturated heterocycles. The Balaban J connectivity index is 1.50. The number of hydrogen-bond acceptors (Lipinski definition) is 2. The first-order valence-corrected chi connectivity index (χ1v) is 10.2. The van der Waals surface area contributed by atoms with Crippen LogP contribution >= 0.6 is 0 Å². The maximum atomic E-state index is 13.5. The number of allylic oxidation sites excluding steroid dienone is 2. The van der Waals surface area contributed by atoms with Crippen molar-refractivity contribution in [3.05, 3.63) is 77.6 Å². The van der Waals surface area contributed by atoms with Gasteiger partial charge in [-0.25, -0.2) is 0 Å². The maximum Gasteiger partial charge on any atom is 0.226 e. The SMILES string of the molecule is O=C([C@H]1CCc2ccccc2C1)N(Cc1ccccn1)C[C@@H]1CC=CCC1. The highest BCUT2D eigenvalue weighted by Gasteiger charge is 2.29. The molecule has 140 valence electrons. The van der Waals surface area contributed by atoms with Crippen molar-refractivity contribution in [1.82, 2.24) is 9.88 Å². The van der Waals surface area contributed by atoms with Gasteiger partial charge < -0.3 is 4.90 Å². The molecule has 27 heavy (non-hydrogen) atoms. The van der Waals surface area contributed by atoms with E-state index in [1.54, 1.807) is 0 Å². The average Bonchev–Trinajstić information content (AvgIpc) is 2.74. The number of aryl methyl sites for hydroxylation is 1. The average molecular weight is 361 g/mol. The Bertz CT molecular complexity index is 799. The number of aromatic nitrogens is 1. The smallest absolute Gasteiger partial charge is 0.226 e. The topological polar surface area (TPSA) is 33.2 Å². The van der Waals surface area contributed by atoms with E-state index in [2.05, 4.69) is 46.3 Å². The van der Waals surface area contributed by atoms with Gasteiger partial charge in [0.25, 0.3) is 0 Å². The van der Waals surface area contributed by atoms with Crippen LogP contribution in [0, 0.1) is 11.8 Å². The van der Waals surface area contributed by atoms with E-state index >= 15 is 0 Å². The molecule has 0 spiro atoms. The summed E-state index contributed by atoms with van der Waals surface area (Å²) >= 11 is 0. The lowest BCUT2D eigenvalue weighted by molar-refractivity contribution is -0.137. The normalized spacial score (nSPS) is 21.5. The molecule has 3 heteroatoms. The number of rotatable bonds is 5. The standard InChI is InChI=1S/C24H28N2O/c27-24(22-14-13-20-10-4-5-11-21(20)16-22)26(17-19-8-2-1-3-9-19)18-23-12-6-7-15-25-23/h1-2,4-7,10-12,15,19,22H,3,8-9,13-14,16-18H2/t19-,22+/m1/s1. The summed E-state index contributed by atoms with van der Waals surface area (Å²) < 4.78 is 0. The molecule has 1 heterocycles. The van der Waals surface area contributed by atoms with Gasteiger partial charge in [-0.3, -0.25) is 9.78 Å². The summed E-state index contributed by atoms with van der Waals surface area (Å²) in [5.74, 6) is 0.978. The van der Waals surface area contributed by atoms with Crippen molar-refractivity contribution in [3.63, 3.8) is 0 Å². The Morgan fingerprint density at radius 2 is 1.89 bits per heavy atom. The minimum atomic E-state index is 0.0998. The van der Waals surface area contributed by atoms with Gasteiger partial charge in [-0.05, 0) is 67.7 Å². The zero-order valence-corrected chi connectivity index (χ0v) is 15.9. The van der Waals surface area contributed by atoms with E-state index in [1.807, 2.05) is 24.4 Å². The van der Waals surface area contributed by atoms with Gasteiger partial charge in [0.15, 0.2) is 0 Å². The first-order chi connectivity index (χ1) is 13.3. The van der Waals surface area contributed by atoms with E-state index in [9.17, 15) is 4.79 Å². The van der Waals surface area contributed by atoms with Crippen molar-refractivity contribution in [2.24, 2.45) is 11.8 Å². The van der Waals surface area contributed by atoms with E-state index < -0.39 is 0 Å². The summed E-state index contributed by atoms with van der Waals surface area (Å²) in [6, 6.07) is 14.5. The molecule has 0 radical (unpaired) electrons. The summed E-state index contributed by atoms with van der Waals surface area (Å²) in [5.41, 5.74) is 3.74. The van der Waals surface area contributed by atoms with E-state index in [1.165, 1.54) is 17.5 Å². The van der Waals surface area contributed by atoms with Crippen LogP contribution in [0.15, 0.2) is 60.8 Å². The van der Waals surface area contributed by atoms with Gasteiger partial charge in [0.2, 0.25) is 5.91 Å². The Kier molecular flexibility index (Phi) is 5.66. The second kappa shape index (κ2) is 8.51. The number of carbonyl (C=O) groups is 1. The number of nitrogens with zero attached hydrogens (tertiary/aromatic N) is 2. The Labute approximate surface area is 162 Å². The van der Waals surface area contributed by atoms with Crippen molar-refractivity contribution >= 4 is 5.91 Å². The molecule has 0 saturated carbocycles. The third-order valence-corrected chi connectivity index (χ3v) is 5.94. The summed E-state index contributed by atoms with van der Waals surface area (Å²) in [4.78, 5) is 20.0. The second-order valence-electron chi connectivity index (χ2n) is 7.90. The number of amides is 1. The molecule has 4 rings (SSSR count). The minimum absolute atomic E-state index is 0.0998. The fourth-order valence-corrected chi connectivity index (χ4v) is 4.42. The molecular weight excluding hydrogens is 332 g/mol. The molecule has 0 fully saturated rings. The van der Waals surface area contributed by atoms with Gasteiger partial charge in [-0.15, -0.1) is 0 Å². The Hall–Kier alpha value is -2.42. The quantitative estimate of drug-likeness (QED) is 0.732. The van der Waals surface area contributed by atoms with Crippen LogP contribution in [0.5, 0.6) is 0 Å². The highest BCUT2D eigenvalue weighted by molar-refractivity contribution is 5.79. The van der Waals surface area contributed by atoms with Crippen LogP contribution in [0.2, 0.25) is 0 Å². The molecule has 0 unspecified atom stereocenters. The largest absolute Gasteiger partial charge is 0.336 e. The first-order valence-electron chi connectivity index (χ1n) is 10.2. The summed E-state index contributed by atoms with van der Waals surface area (Å²) in [6.45, 7) is 1.47. The highest BCUT2D eigenvalue weighted by atomic mass is 16.2. The van der Waals surface area contributed by atoms with Gasteiger partial charge in [-0.2, -0.15) is 0 Å². The van der Waals surface area contributed by atoms with Crippen molar-refractivity contribution in [3.8, 4) is 0 Å². The van der Waals surface area contributed by atoms with Crippen LogP contribution in [0.3, 0.4) is 0 Å². The molecular formula is C24H28N2O. The van der Waals surface area contributed by atoms with E-state index in [-0.39, 0.29) is 5.92 Å². The number of carbonyl (C=O) groups excluding carboxylic acids is 1. The monoisotopic (exact) mass is 360 g/mol. The van der Waals surface area contributed by atoms with Crippen LogP contribution in [0.25, 0.3) is 0 Å². The van der Waals surface area contributed by atoms with Crippen molar-refractivity contribution in [1.29, 1.82) is 0 Å². The zero-order chi connectivity index (χ0) is 18.5.